The molecule has 126 valence electrons. The molecular formula is C22H26SiTi-4. The van der Waals surface area contributed by atoms with Crippen molar-refractivity contribution in [2.24, 2.45) is 0 Å². The van der Waals surface area contributed by atoms with Crippen LogP contribution < -0.4 is 0 Å². The van der Waals surface area contributed by atoms with Crippen molar-refractivity contribution in [2.75, 3.05) is 0 Å². The van der Waals surface area contributed by atoms with Crippen molar-refractivity contribution in [2.45, 2.75) is 19.5 Å². The van der Waals surface area contributed by atoms with Gasteiger partial charge in [0, 0.05) is 0 Å². The van der Waals surface area contributed by atoms with Crippen LogP contribution in [0, 0.1) is 20.9 Å². The molecule has 0 saturated heterocycles. The smallest absolute Gasteiger partial charge is 0.0771 e. The normalized spacial score (nSPS) is 10.7. The molecule has 0 amide bonds. The molecule has 0 N–H and O–H groups in total. The molecule has 0 radical (unpaired) electrons. The number of hydrogen-bond acceptors (Lipinski definition) is 0. The van der Waals surface area contributed by atoms with Crippen molar-refractivity contribution < 1.29 is 19.2 Å². The zero-order valence-corrected chi connectivity index (χ0v) is 17.7. The van der Waals surface area contributed by atoms with Gasteiger partial charge in [-0.2, -0.15) is 6.08 Å². The summed E-state index contributed by atoms with van der Waals surface area (Å²) in [5.74, 6) is 0. The summed E-state index contributed by atoms with van der Waals surface area (Å²) in [5, 5.41) is 5.39. The third-order valence-electron chi connectivity index (χ3n) is 3.11. The van der Waals surface area contributed by atoms with Gasteiger partial charge in [-0.15, -0.1) is 46.2 Å². The summed E-state index contributed by atoms with van der Waals surface area (Å²) in [5.41, 5.74) is 0. The monoisotopic (exact) mass is 366 g/mol. The van der Waals surface area contributed by atoms with E-state index in [2.05, 4.69) is 99.0 Å². The molecule has 0 atom stereocenters. The van der Waals surface area contributed by atoms with Crippen molar-refractivity contribution in [3.05, 3.63) is 93.8 Å². The van der Waals surface area contributed by atoms with Gasteiger partial charge in [-0.25, -0.2) is 12.2 Å². The number of rotatable bonds is 0. The first-order valence-corrected chi connectivity index (χ1v) is 12.3. The number of benzene rings is 2. The van der Waals surface area contributed by atoms with Crippen LogP contribution >= 0.6 is 0 Å². The molecule has 1 aliphatic carbocycles. The van der Waals surface area contributed by atoms with Gasteiger partial charge in [0.25, 0.3) is 0 Å². The topological polar surface area (TPSA) is 0 Å². The second kappa shape index (κ2) is 12.1. The maximum atomic E-state index is 2.99. The fourth-order valence-electron chi connectivity index (χ4n) is 2.24. The van der Waals surface area contributed by atoms with Crippen LogP contribution in [0.3, 0.4) is 0 Å². The minimum Gasteiger partial charge on any atom is -0.358 e. The molecule has 0 unspecified atom stereocenters. The molecule has 2 heteroatoms. The Morgan fingerprint density at radius 2 is 1.38 bits per heavy atom. The molecule has 0 spiro atoms. The van der Waals surface area contributed by atoms with Gasteiger partial charge in [-0.05, 0) is 0 Å². The first kappa shape index (κ1) is 22.7. The Labute approximate surface area is 159 Å². The van der Waals surface area contributed by atoms with E-state index in [1.807, 2.05) is 12.2 Å². The molecule has 24 heavy (non-hydrogen) atoms. The zero-order chi connectivity index (χ0) is 15.8. The standard InChI is InChI=1S/C13H9.C5H5.C2H6Si.2CH3.Ti/c1-3-7-12-10(5-1)9-11-6-2-4-8-13(11)12;1-2-4-5-3-1;1-3-2;;;/h1-9H;1-3H,4H2;1-2H3;2*1H3;/q2*-1;;2*-1;. The van der Waals surface area contributed by atoms with Gasteiger partial charge in [0.1, 0.15) is 0 Å². The summed E-state index contributed by atoms with van der Waals surface area (Å²) in [7, 11) is 0. The Balaban J connectivity index is 0.000000409. The van der Waals surface area contributed by atoms with Crippen molar-refractivity contribution in [1.82, 2.24) is 0 Å². The number of allylic oxidation sites excluding steroid dienone is 4. The fourth-order valence-corrected chi connectivity index (χ4v) is 2.24. The molecule has 0 aliphatic heterocycles. The molecule has 0 fully saturated rings. The summed E-state index contributed by atoms with van der Waals surface area (Å²) < 4.78 is 0. The first-order chi connectivity index (χ1) is 10.7. The van der Waals surface area contributed by atoms with Gasteiger partial charge in [0.2, 0.25) is 0 Å². The Morgan fingerprint density at radius 1 is 0.917 bits per heavy atom. The van der Waals surface area contributed by atoms with E-state index < -0.39 is 0 Å². The summed E-state index contributed by atoms with van der Waals surface area (Å²) in [6.07, 6.45) is 10.1. The van der Waals surface area contributed by atoms with Gasteiger partial charge >= 0.3 is 38.5 Å². The summed E-state index contributed by atoms with van der Waals surface area (Å²) >= 11 is 2.27. The third kappa shape index (κ3) is 7.09. The van der Waals surface area contributed by atoms with Crippen molar-refractivity contribution >= 4 is 27.7 Å². The maximum absolute atomic E-state index is 2.99. The van der Waals surface area contributed by atoms with Crippen LogP contribution in [0.1, 0.15) is 6.42 Å². The van der Waals surface area contributed by atoms with Gasteiger partial charge < -0.3 is 14.9 Å². The van der Waals surface area contributed by atoms with Crippen LogP contribution in [0.2, 0.25) is 13.1 Å². The molecule has 0 saturated carbocycles. The first-order valence-electron chi connectivity index (χ1n) is 7.45. The predicted octanol–water partition coefficient (Wildman–Crippen LogP) is 6.70. The zero-order valence-electron chi connectivity index (χ0n) is 15.1. The average molecular weight is 366 g/mol. The largest absolute Gasteiger partial charge is 0.358 e. The molecule has 3 aromatic rings. The van der Waals surface area contributed by atoms with Crippen LogP contribution in [0.25, 0.3) is 21.5 Å². The summed E-state index contributed by atoms with van der Waals surface area (Å²) in [4.78, 5) is 0. The second-order valence-electron chi connectivity index (χ2n) is 5.32. The van der Waals surface area contributed by atoms with Crippen LogP contribution in [-0.2, 0) is 19.2 Å². The second-order valence-corrected chi connectivity index (χ2v) is 12.0. The average Bonchev–Trinajstić information content (AvgIpc) is 3.18. The number of fused-ring (bicyclic) bond motifs is 3. The van der Waals surface area contributed by atoms with Gasteiger partial charge in [0.15, 0.2) is 0 Å². The SMILES string of the molecule is C[Si](C)=[Ti].[C-]1=CC=CC1.[CH3-].[CH3-].c1ccc2c(c1)[cH-]c1ccccc12. The van der Waals surface area contributed by atoms with Gasteiger partial charge in [-0.3, -0.25) is 6.08 Å². The molecular weight excluding hydrogens is 340 g/mol. The van der Waals surface area contributed by atoms with Crippen LogP contribution in [0.4, 0.5) is 0 Å². The Morgan fingerprint density at radius 3 is 1.71 bits per heavy atom. The summed E-state index contributed by atoms with van der Waals surface area (Å²) in [6, 6.07) is 19.3. The molecule has 3 aromatic carbocycles. The third-order valence-corrected chi connectivity index (χ3v) is 3.11. The van der Waals surface area contributed by atoms with E-state index in [4.69, 9.17) is 0 Å². The molecule has 0 bridgehead atoms. The maximum Gasteiger partial charge on any atom is -0.0771 e. The Hall–Kier alpha value is -1.28. The van der Waals surface area contributed by atoms with E-state index >= 15 is 0 Å². The molecule has 4 rings (SSSR count). The molecule has 1 aliphatic rings. The minimum absolute atomic E-state index is 0. The van der Waals surface area contributed by atoms with Gasteiger partial charge in [0.05, 0.1) is 0 Å². The van der Waals surface area contributed by atoms with E-state index in [1.54, 1.807) is 0 Å². The number of hydrogen-bond donors (Lipinski definition) is 0. The van der Waals surface area contributed by atoms with E-state index in [9.17, 15) is 0 Å². The van der Waals surface area contributed by atoms with E-state index in [1.165, 1.54) is 21.5 Å². The van der Waals surface area contributed by atoms with E-state index in [0.29, 0.717) is 0 Å². The summed E-state index contributed by atoms with van der Waals surface area (Å²) in [6.45, 7) is 4.54. The molecule has 0 nitrogen and oxygen atoms in total. The van der Waals surface area contributed by atoms with Crippen molar-refractivity contribution in [3.63, 3.8) is 0 Å². The Kier molecular flexibility index (Phi) is 11.5. The minimum atomic E-state index is 0. The quantitative estimate of drug-likeness (QED) is 0.307. The van der Waals surface area contributed by atoms with Crippen molar-refractivity contribution in [1.29, 1.82) is 0 Å². The van der Waals surface area contributed by atoms with E-state index in [-0.39, 0.29) is 21.0 Å². The molecule has 0 heterocycles. The molecule has 0 aromatic heterocycles. The van der Waals surface area contributed by atoms with Crippen molar-refractivity contribution in [3.8, 4) is 0 Å². The Bertz CT molecular complexity index is 745. The fraction of sp³-hybridized carbons (Fsp3) is 0.136. The van der Waals surface area contributed by atoms with Crippen LogP contribution in [-0.4, -0.2) is 6.19 Å². The van der Waals surface area contributed by atoms with Crippen LogP contribution in [0.5, 0.6) is 0 Å². The van der Waals surface area contributed by atoms with E-state index in [0.717, 1.165) is 6.42 Å². The predicted molar refractivity (Wildman–Crippen MR) is 109 cm³/mol. The van der Waals surface area contributed by atoms with Crippen LogP contribution in [0.15, 0.2) is 72.8 Å². The van der Waals surface area contributed by atoms with Gasteiger partial charge in [-0.1, -0.05) is 36.4 Å².